The molecule has 1 fully saturated rings. The number of hydrogen-bond acceptors (Lipinski definition) is 11. The van der Waals surface area contributed by atoms with E-state index in [2.05, 4.69) is 31.2 Å². The number of nitrogens with one attached hydrogen (secondary N) is 1. The Hall–Kier alpha value is -3.64. The lowest BCUT2D eigenvalue weighted by Gasteiger charge is -2.32. The summed E-state index contributed by atoms with van der Waals surface area (Å²) in [6, 6.07) is 8.95. The lowest BCUT2D eigenvalue weighted by Crippen LogP contribution is -2.50. The molecule has 4 N–H and O–H groups in total. The van der Waals surface area contributed by atoms with Crippen molar-refractivity contribution in [2.45, 2.75) is 55.9 Å². The van der Waals surface area contributed by atoms with Crippen LogP contribution in [0, 0.1) is 12.3 Å². The summed E-state index contributed by atoms with van der Waals surface area (Å²) in [7, 11) is 0. The number of carbonyl (C=O) groups is 1. The summed E-state index contributed by atoms with van der Waals surface area (Å²) in [5.41, 5.74) is -1.23. The van der Waals surface area contributed by atoms with Gasteiger partial charge in [0.25, 0.3) is 0 Å². The van der Waals surface area contributed by atoms with E-state index in [0.29, 0.717) is 16.9 Å². The van der Waals surface area contributed by atoms with E-state index >= 15 is 0 Å². The molecule has 12 nitrogen and oxygen atoms in total. The number of ether oxygens (including phenoxy) is 2. The number of nitrogens with zero attached hydrogens (tertiary/aromatic N) is 5. The zero-order valence-corrected chi connectivity index (χ0v) is 23.6. The van der Waals surface area contributed by atoms with Crippen molar-refractivity contribution in [1.82, 2.24) is 24.5 Å². The fraction of sp³-hybridized carbons (Fsp3) is 0.370. The zero-order valence-electron chi connectivity index (χ0n) is 22.0. The summed E-state index contributed by atoms with van der Waals surface area (Å²) < 4.78 is 13.5. The SMILES string of the molecule is C#C[C@@]1(O)[C@@H](CO[C@@](Cc2ccccc2)(C(=O)O)c2cscn2)O[C@@H](n2cnc3c(NC(C)C)nc(Cl)nc32)[C@@H]1O. The third-order valence-corrected chi connectivity index (χ3v) is 7.56. The van der Waals surface area contributed by atoms with Gasteiger partial charge in [0.1, 0.15) is 12.2 Å². The van der Waals surface area contributed by atoms with Crippen molar-refractivity contribution in [3.05, 3.63) is 64.1 Å². The molecule has 4 heterocycles. The predicted octanol–water partition coefficient (Wildman–Crippen LogP) is 2.62. The Bertz CT molecular complexity index is 1580. The first kappa shape index (κ1) is 28.9. The molecule has 5 atom stereocenters. The molecular formula is C27H27ClN6O6S. The highest BCUT2D eigenvalue weighted by Crippen LogP contribution is 2.40. The Balaban J connectivity index is 1.48. The average molecular weight is 599 g/mol. The van der Waals surface area contributed by atoms with Crippen LogP contribution in [0.15, 0.2) is 47.5 Å². The Morgan fingerprint density at radius 1 is 1.34 bits per heavy atom. The number of aliphatic hydroxyl groups is 2. The van der Waals surface area contributed by atoms with Crippen molar-refractivity contribution in [2.75, 3.05) is 11.9 Å². The summed E-state index contributed by atoms with van der Waals surface area (Å²) >= 11 is 7.38. The largest absolute Gasteiger partial charge is 0.479 e. The maximum absolute atomic E-state index is 12.8. The molecule has 0 bridgehead atoms. The summed E-state index contributed by atoms with van der Waals surface area (Å²) in [4.78, 5) is 29.8. The van der Waals surface area contributed by atoms with Gasteiger partial charge >= 0.3 is 5.97 Å². The van der Waals surface area contributed by atoms with E-state index in [9.17, 15) is 20.1 Å². The number of aliphatic hydroxyl groups excluding tert-OH is 1. The van der Waals surface area contributed by atoms with Crippen LogP contribution in [0.4, 0.5) is 5.82 Å². The number of thiazole rings is 1. The van der Waals surface area contributed by atoms with Gasteiger partial charge in [-0.2, -0.15) is 9.97 Å². The molecule has 41 heavy (non-hydrogen) atoms. The van der Waals surface area contributed by atoms with Crippen LogP contribution >= 0.6 is 22.9 Å². The maximum Gasteiger partial charge on any atom is 0.342 e. The molecule has 1 aromatic carbocycles. The second-order valence-corrected chi connectivity index (χ2v) is 10.9. The van der Waals surface area contributed by atoms with Crippen LogP contribution in [0.2, 0.25) is 5.28 Å². The molecule has 214 valence electrons. The minimum absolute atomic E-state index is 0.0128. The van der Waals surface area contributed by atoms with Gasteiger partial charge in [-0.3, -0.25) is 4.57 Å². The number of imidazole rings is 1. The molecule has 4 aromatic rings. The van der Waals surface area contributed by atoms with Gasteiger partial charge in [-0.25, -0.2) is 14.8 Å². The van der Waals surface area contributed by atoms with Crippen LogP contribution in [-0.2, 0) is 26.3 Å². The van der Waals surface area contributed by atoms with Gasteiger partial charge in [0.05, 0.1) is 24.1 Å². The number of benzene rings is 1. The molecule has 0 spiro atoms. The number of fused-ring (bicyclic) bond motifs is 1. The first-order chi connectivity index (χ1) is 19.6. The topological polar surface area (TPSA) is 165 Å². The number of hydrogen-bond donors (Lipinski definition) is 4. The van der Waals surface area contributed by atoms with Gasteiger partial charge in [-0.15, -0.1) is 17.8 Å². The van der Waals surface area contributed by atoms with Crippen LogP contribution in [0.3, 0.4) is 0 Å². The molecule has 1 aliphatic heterocycles. The van der Waals surface area contributed by atoms with Gasteiger partial charge in [-0.05, 0) is 31.0 Å². The number of carboxylic acids is 1. The molecule has 0 unspecified atom stereocenters. The molecule has 1 saturated heterocycles. The van der Waals surface area contributed by atoms with Gasteiger partial charge in [0.2, 0.25) is 10.9 Å². The Morgan fingerprint density at radius 3 is 2.73 bits per heavy atom. The van der Waals surface area contributed by atoms with Crippen LogP contribution < -0.4 is 5.32 Å². The van der Waals surface area contributed by atoms with E-state index in [-0.39, 0.29) is 29.1 Å². The van der Waals surface area contributed by atoms with Crippen LogP contribution in [0.1, 0.15) is 31.3 Å². The molecule has 0 aliphatic carbocycles. The summed E-state index contributed by atoms with van der Waals surface area (Å²) in [5.74, 6) is 1.30. The Labute approximate surface area is 244 Å². The minimum Gasteiger partial charge on any atom is -0.479 e. The normalized spacial score (nSPS) is 23.9. The third kappa shape index (κ3) is 5.26. The number of aromatic nitrogens is 5. The second kappa shape index (κ2) is 11.3. The number of rotatable bonds is 10. The number of terminal acetylenes is 1. The molecule has 1 aliphatic rings. The lowest BCUT2D eigenvalue weighted by atomic mass is 9.90. The van der Waals surface area contributed by atoms with E-state index in [1.54, 1.807) is 29.6 Å². The molecule has 0 amide bonds. The highest BCUT2D eigenvalue weighted by molar-refractivity contribution is 7.07. The Kier molecular flexibility index (Phi) is 7.97. The van der Waals surface area contributed by atoms with Gasteiger partial charge < -0.3 is 30.1 Å². The Morgan fingerprint density at radius 2 is 2.10 bits per heavy atom. The van der Waals surface area contributed by atoms with E-state index in [1.807, 2.05) is 19.9 Å². The van der Waals surface area contributed by atoms with Crippen LogP contribution in [-0.4, -0.2) is 76.2 Å². The molecule has 5 rings (SSSR count). The average Bonchev–Trinajstić information content (AvgIpc) is 3.67. The number of anilines is 1. The fourth-order valence-corrected chi connectivity index (χ4v) is 5.52. The van der Waals surface area contributed by atoms with E-state index in [4.69, 9.17) is 27.5 Å². The van der Waals surface area contributed by atoms with E-state index in [1.165, 1.54) is 27.7 Å². The minimum atomic E-state index is -2.25. The molecular weight excluding hydrogens is 572 g/mol. The third-order valence-electron chi connectivity index (χ3n) is 6.81. The van der Waals surface area contributed by atoms with E-state index in [0.717, 1.165) is 0 Å². The van der Waals surface area contributed by atoms with E-state index < -0.39 is 42.2 Å². The maximum atomic E-state index is 12.8. The van der Waals surface area contributed by atoms with Crippen molar-refractivity contribution in [3.8, 4) is 12.3 Å². The number of carboxylic acid groups (broad SMARTS) is 1. The molecule has 3 aromatic heterocycles. The van der Waals surface area contributed by atoms with Crippen molar-refractivity contribution in [3.63, 3.8) is 0 Å². The molecule has 14 heteroatoms. The lowest BCUT2D eigenvalue weighted by molar-refractivity contribution is -0.179. The number of halogens is 1. The van der Waals surface area contributed by atoms with Crippen molar-refractivity contribution >= 4 is 45.9 Å². The van der Waals surface area contributed by atoms with Crippen LogP contribution in [0.25, 0.3) is 11.2 Å². The summed E-state index contributed by atoms with van der Waals surface area (Å²) in [5, 5.41) is 37.7. The molecule has 0 radical (unpaired) electrons. The fourth-order valence-electron chi connectivity index (χ4n) is 4.74. The quantitative estimate of drug-likeness (QED) is 0.157. The van der Waals surface area contributed by atoms with Crippen LogP contribution in [0.5, 0.6) is 0 Å². The van der Waals surface area contributed by atoms with Crippen molar-refractivity contribution in [1.29, 1.82) is 0 Å². The van der Waals surface area contributed by atoms with Gasteiger partial charge in [0, 0.05) is 17.8 Å². The molecule has 0 saturated carbocycles. The monoisotopic (exact) mass is 598 g/mol. The highest BCUT2D eigenvalue weighted by Gasteiger charge is 2.57. The van der Waals surface area contributed by atoms with Gasteiger partial charge in [0.15, 0.2) is 28.8 Å². The number of aliphatic carboxylic acids is 1. The second-order valence-electron chi connectivity index (χ2n) is 9.87. The van der Waals surface area contributed by atoms with Crippen molar-refractivity contribution in [2.24, 2.45) is 0 Å². The summed E-state index contributed by atoms with van der Waals surface area (Å²) in [6.45, 7) is 3.34. The summed E-state index contributed by atoms with van der Waals surface area (Å²) in [6.07, 6.45) is 2.72. The van der Waals surface area contributed by atoms with Crippen molar-refractivity contribution < 1.29 is 29.6 Å². The first-order valence-corrected chi connectivity index (χ1v) is 13.9. The standard InChI is InChI=1S/C27H27ClN6O6S/c1-4-26(38)18(11-39-27(24(36)37,17-12-41-14-30-17)10-16-8-6-5-7-9-16)40-23(20(26)35)34-13-29-19-21(31-15(2)3)32-25(28)33-22(19)34/h1,5-9,12-15,18,20,23,35,38H,10-11H2,2-3H3,(H,36,37)(H,31,32,33)/t18-,20+,23-,26-,27-/m1/s1. The predicted molar refractivity (Wildman–Crippen MR) is 150 cm³/mol. The van der Waals surface area contributed by atoms with Gasteiger partial charge in [-0.1, -0.05) is 36.3 Å². The smallest absolute Gasteiger partial charge is 0.342 e. The first-order valence-electron chi connectivity index (χ1n) is 12.6. The zero-order chi connectivity index (χ0) is 29.4. The highest BCUT2D eigenvalue weighted by atomic mass is 35.5.